The summed E-state index contributed by atoms with van der Waals surface area (Å²) in [4.78, 5) is 8.85. The van der Waals surface area contributed by atoms with Crippen molar-refractivity contribution >= 4 is 11.0 Å². The van der Waals surface area contributed by atoms with Crippen LogP contribution in [-0.4, -0.2) is 19.6 Å². The Kier molecular flexibility index (Phi) is 3.14. The average molecular weight is 267 g/mol. The van der Waals surface area contributed by atoms with Gasteiger partial charge in [0.05, 0.1) is 11.7 Å². The third-order valence-corrected chi connectivity index (χ3v) is 3.45. The molecule has 0 atom stereocenters. The van der Waals surface area contributed by atoms with Crippen molar-refractivity contribution in [1.29, 1.82) is 0 Å². The lowest BCUT2D eigenvalue weighted by Gasteiger charge is -2.10. The minimum Gasteiger partial charge on any atom is -0.508 e. The van der Waals surface area contributed by atoms with Crippen molar-refractivity contribution in [3.05, 3.63) is 42.2 Å². The van der Waals surface area contributed by atoms with Gasteiger partial charge in [-0.25, -0.2) is 4.98 Å². The molecule has 0 fully saturated rings. The van der Waals surface area contributed by atoms with E-state index in [-0.39, 0.29) is 5.75 Å². The van der Waals surface area contributed by atoms with Crippen LogP contribution < -0.4 is 0 Å². The molecule has 0 aliphatic carbocycles. The van der Waals surface area contributed by atoms with Crippen LogP contribution in [0.5, 0.6) is 5.75 Å². The summed E-state index contributed by atoms with van der Waals surface area (Å²) in [5.41, 5.74) is 4.07. The van der Waals surface area contributed by atoms with Crippen LogP contribution in [0, 0.1) is 6.92 Å². The maximum absolute atomic E-state index is 9.56. The van der Waals surface area contributed by atoms with E-state index in [1.807, 2.05) is 19.1 Å². The number of imidazole rings is 1. The predicted molar refractivity (Wildman–Crippen MR) is 79.7 cm³/mol. The summed E-state index contributed by atoms with van der Waals surface area (Å²) in [6, 6.07) is 7.39. The monoisotopic (exact) mass is 267 g/mol. The second kappa shape index (κ2) is 4.96. The molecule has 1 N–H and O–H groups in total. The highest BCUT2D eigenvalue weighted by molar-refractivity contribution is 5.80. The van der Waals surface area contributed by atoms with Crippen molar-refractivity contribution in [3.63, 3.8) is 0 Å². The summed E-state index contributed by atoms with van der Waals surface area (Å²) < 4.78 is 2.22. The van der Waals surface area contributed by atoms with Gasteiger partial charge in [-0.05, 0) is 43.2 Å². The lowest BCUT2D eigenvalue weighted by molar-refractivity contribution is 0.475. The van der Waals surface area contributed by atoms with Crippen LogP contribution in [-0.2, 0) is 6.54 Å². The highest BCUT2D eigenvalue weighted by Crippen LogP contribution is 2.29. The van der Waals surface area contributed by atoms with Gasteiger partial charge in [0, 0.05) is 18.3 Å². The summed E-state index contributed by atoms with van der Waals surface area (Å²) in [5, 5.41) is 9.56. The number of aromatic hydroxyl groups is 1. The van der Waals surface area contributed by atoms with Gasteiger partial charge in [-0.3, -0.25) is 4.98 Å². The first-order valence-electron chi connectivity index (χ1n) is 6.81. The Morgan fingerprint density at radius 2 is 2.10 bits per heavy atom. The number of benzene rings is 1. The summed E-state index contributed by atoms with van der Waals surface area (Å²) in [5.74, 6) is 1.22. The number of aromatic nitrogens is 3. The van der Waals surface area contributed by atoms with Crippen molar-refractivity contribution in [1.82, 2.24) is 14.5 Å². The van der Waals surface area contributed by atoms with Crippen LogP contribution in [0.15, 0.2) is 36.7 Å². The Bertz CT molecular complexity index is 762. The molecule has 1 aromatic carbocycles. The number of hydrogen-bond donors (Lipinski definition) is 1. The Balaban J connectivity index is 2.26. The van der Waals surface area contributed by atoms with Crippen molar-refractivity contribution in [2.24, 2.45) is 0 Å². The van der Waals surface area contributed by atoms with E-state index >= 15 is 0 Å². The van der Waals surface area contributed by atoms with Gasteiger partial charge in [-0.1, -0.05) is 6.92 Å². The molecule has 20 heavy (non-hydrogen) atoms. The Hall–Kier alpha value is -2.36. The van der Waals surface area contributed by atoms with Crippen molar-refractivity contribution in [2.45, 2.75) is 26.8 Å². The molecule has 0 spiro atoms. The van der Waals surface area contributed by atoms with E-state index in [1.54, 1.807) is 24.5 Å². The van der Waals surface area contributed by atoms with E-state index in [2.05, 4.69) is 16.5 Å². The summed E-state index contributed by atoms with van der Waals surface area (Å²) in [7, 11) is 0. The van der Waals surface area contributed by atoms with Crippen LogP contribution in [0.3, 0.4) is 0 Å². The topological polar surface area (TPSA) is 50.9 Å². The van der Waals surface area contributed by atoms with Gasteiger partial charge >= 0.3 is 0 Å². The van der Waals surface area contributed by atoms with Gasteiger partial charge in [-0.15, -0.1) is 0 Å². The molecule has 0 aliphatic heterocycles. The van der Waals surface area contributed by atoms with E-state index < -0.39 is 0 Å². The Morgan fingerprint density at radius 1 is 1.25 bits per heavy atom. The molecule has 4 nitrogen and oxygen atoms in total. The standard InChI is InChI=1S/C16H17N3O/c1-3-8-19-15-6-7-17-10-14(15)18-16(19)13-5-4-12(20)9-11(13)2/h4-7,9-10,20H,3,8H2,1-2H3. The fraction of sp³-hybridized carbons (Fsp3) is 0.250. The first kappa shape index (κ1) is 12.7. The maximum Gasteiger partial charge on any atom is 0.141 e. The summed E-state index contributed by atoms with van der Waals surface area (Å²) in [6.07, 6.45) is 4.63. The first-order valence-corrected chi connectivity index (χ1v) is 6.81. The molecule has 0 unspecified atom stereocenters. The van der Waals surface area contributed by atoms with E-state index in [0.29, 0.717) is 0 Å². The molecular weight excluding hydrogens is 250 g/mol. The smallest absolute Gasteiger partial charge is 0.141 e. The molecule has 0 saturated carbocycles. The zero-order chi connectivity index (χ0) is 14.1. The minimum absolute atomic E-state index is 0.283. The first-order chi connectivity index (χ1) is 9.70. The van der Waals surface area contributed by atoms with Crippen molar-refractivity contribution in [3.8, 4) is 17.1 Å². The molecule has 3 rings (SSSR count). The normalized spacial score (nSPS) is 11.1. The van der Waals surface area contributed by atoms with Gasteiger partial charge in [0.1, 0.15) is 17.1 Å². The molecule has 0 bridgehead atoms. The quantitative estimate of drug-likeness (QED) is 0.790. The van der Waals surface area contributed by atoms with Gasteiger partial charge in [-0.2, -0.15) is 0 Å². The summed E-state index contributed by atoms with van der Waals surface area (Å²) in [6.45, 7) is 5.06. The summed E-state index contributed by atoms with van der Waals surface area (Å²) >= 11 is 0. The van der Waals surface area contributed by atoms with Crippen LogP contribution in [0.2, 0.25) is 0 Å². The van der Waals surface area contributed by atoms with Gasteiger partial charge in [0.2, 0.25) is 0 Å². The number of rotatable bonds is 3. The largest absolute Gasteiger partial charge is 0.508 e. The molecule has 2 aromatic heterocycles. The Labute approximate surface area is 117 Å². The molecule has 0 radical (unpaired) electrons. The fourth-order valence-electron chi connectivity index (χ4n) is 2.54. The highest BCUT2D eigenvalue weighted by Gasteiger charge is 2.14. The van der Waals surface area contributed by atoms with E-state index in [1.165, 1.54) is 0 Å². The number of aryl methyl sites for hydroxylation is 2. The second-order valence-electron chi connectivity index (χ2n) is 4.95. The third kappa shape index (κ3) is 2.03. The zero-order valence-corrected chi connectivity index (χ0v) is 11.7. The molecule has 2 heterocycles. The van der Waals surface area contributed by atoms with Crippen LogP contribution in [0.25, 0.3) is 22.4 Å². The maximum atomic E-state index is 9.56. The van der Waals surface area contributed by atoms with Crippen molar-refractivity contribution in [2.75, 3.05) is 0 Å². The van der Waals surface area contributed by atoms with E-state index in [4.69, 9.17) is 4.98 Å². The number of phenolic OH excluding ortho intramolecular Hbond substituents is 1. The zero-order valence-electron chi connectivity index (χ0n) is 11.7. The number of nitrogens with zero attached hydrogens (tertiary/aromatic N) is 3. The van der Waals surface area contributed by atoms with Crippen LogP contribution in [0.4, 0.5) is 0 Å². The number of phenols is 1. The average Bonchev–Trinajstić information content (AvgIpc) is 2.78. The van der Waals surface area contributed by atoms with Crippen LogP contribution >= 0.6 is 0 Å². The fourth-order valence-corrected chi connectivity index (χ4v) is 2.54. The molecule has 3 aromatic rings. The molecule has 0 aliphatic rings. The lowest BCUT2D eigenvalue weighted by Crippen LogP contribution is -2.00. The lowest BCUT2D eigenvalue weighted by atomic mass is 10.1. The predicted octanol–water partition coefficient (Wildman–Crippen LogP) is 3.52. The molecule has 0 amide bonds. The van der Waals surface area contributed by atoms with Crippen molar-refractivity contribution < 1.29 is 5.11 Å². The van der Waals surface area contributed by atoms with E-state index in [9.17, 15) is 5.11 Å². The SMILES string of the molecule is CCCn1c(-c2ccc(O)cc2C)nc2cnccc21. The number of pyridine rings is 1. The third-order valence-electron chi connectivity index (χ3n) is 3.45. The van der Waals surface area contributed by atoms with E-state index in [0.717, 1.165) is 41.0 Å². The Morgan fingerprint density at radius 3 is 2.85 bits per heavy atom. The van der Waals surface area contributed by atoms with Gasteiger partial charge in [0.15, 0.2) is 0 Å². The molecule has 0 saturated heterocycles. The van der Waals surface area contributed by atoms with Gasteiger partial charge in [0.25, 0.3) is 0 Å². The van der Waals surface area contributed by atoms with Gasteiger partial charge < -0.3 is 9.67 Å². The number of hydrogen-bond acceptors (Lipinski definition) is 3. The molecule has 4 heteroatoms. The minimum atomic E-state index is 0.283. The van der Waals surface area contributed by atoms with Crippen LogP contribution in [0.1, 0.15) is 18.9 Å². The highest BCUT2D eigenvalue weighted by atomic mass is 16.3. The second-order valence-corrected chi connectivity index (χ2v) is 4.95. The number of fused-ring (bicyclic) bond motifs is 1. The molecular formula is C16H17N3O. The molecule has 102 valence electrons.